The molecule has 0 saturated carbocycles. The van der Waals surface area contributed by atoms with E-state index in [0.29, 0.717) is 11.5 Å². The average molecular weight is 300 g/mol. The van der Waals surface area contributed by atoms with Crippen LogP contribution in [0.5, 0.6) is 0 Å². The summed E-state index contributed by atoms with van der Waals surface area (Å²) in [7, 11) is 1.82. The van der Waals surface area contributed by atoms with Crippen LogP contribution in [0.25, 0.3) is 0 Å². The highest BCUT2D eigenvalue weighted by Gasteiger charge is 2.21. The number of amides is 1. The van der Waals surface area contributed by atoms with E-state index in [1.807, 2.05) is 27.0 Å². The van der Waals surface area contributed by atoms with Crippen LogP contribution in [-0.4, -0.2) is 29.4 Å². The second-order valence-electron chi connectivity index (χ2n) is 5.89. The summed E-state index contributed by atoms with van der Waals surface area (Å²) in [6.07, 6.45) is 4.44. The number of benzene rings is 1. The van der Waals surface area contributed by atoms with Gasteiger partial charge in [-0.3, -0.25) is 4.79 Å². The fourth-order valence-corrected chi connectivity index (χ4v) is 2.43. The van der Waals surface area contributed by atoms with Crippen LogP contribution in [0.4, 0.5) is 0 Å². The Morgan fingerprint density at radius 2 is 1.95 bits per heavy atom. The molecule has 0 spiro atoms. The molecule has 1 aromatic heterocycles. The predicted octanol–water partition coefficient (Wildman–Crippen LogP) is 3.89. The third kappa shape index (κ3) is 4.20. The zero-order chi connectivity index (χ0) is 15.9. The first-order valence-corrected chi connectivity index (χ1v) is 7.82. The van der Waals surface area contributed by atoms with Crippen molar-refractivity contribution < 1.29 is 9.21 Å². The van der Waals surface area contributed by atoms with Crippen LogP contribution < -0.4 is 0 Å². The Morgan fingerprint density at radius 3 is 2.64 bits per heavy atom. The van der Waals surface area contributed by atoms with Crippen molar-refractivity contribution >= 4 is 5.91 Å². The number of carbonyl (C=O) groups excluding carboxylic acids is 1. The van der Waals surface area contributed by atoms with E-state index < -0.39 is 0 Å². The molecule has 0 radical (unpaired) electrons. The molecule has 1 heterocycles. The van der Waals surface area contributed by atoms with Crippen molar-refractivity contribution in [2.45, 2.75) is 39.0 Å². The van der Waals surface area contributed by atoms with Gasteiger partial charge in [-0.2, -0.15) is 0 Å². The minimum Gasteiger partial charge on any atom is -0.447 e. The number of unbranched alkanes of at least 4 members (excludes halogenated alkanes) is 1. The average Bonchev–Trinajstić information content (AvgIpc) is 3.01. The van der Waals surface area contributed by atoms with Crippen molar-refractivity contribution in [1.29, 1.82) is 0 Å². The summed E-state index contributed by atoms with van der Waals surface area (Å²) in [5.41, 5.74) is 1.79. The maximum absolute atomic E-state index is 12.4. The molecular weight excluding hydrogens is 276 g/mol. The van der Waals surface area contributed by atoms with Crippen molar-refractivity contribution in [2.24, 2.45) is 0 Å². The standard InChI is InChI=1S/C18H24N2O2/c1-14(2)17-16(19-13-22-17)18(21)20(3)12-8-7-11-15-9-5-4-6-10-15/h4-6,9-10,13-14H,7-8,11-12H2,1-3H3. The number of nitrogens with zero attached hydrogens (tertiary/aromatic N) is 2. The molecule has 1 amide bonds. The molecule has 2 rings (SSSR count). The van der Waals surface area contributed by atoms with Crippen LogP contribution >= 0.6 is 0 Å². The van der Waals surface area contributed by atoms with E-state index in [2.05, 4.69) is 29.2 Å². The van der Waals surface area contributed by atoms with Gasteiger partial charge in [0.2, 0.25) is 0 Å². The largest absolute Gasteiger partial charge is 0.447 e. The van der Waals surface area contributed by atoms with Crippen LogP contribution in [0, 0.1) is 0 Å². The summed E-state index contributed by atoms with van der Waals surface area (Å²) in [6, 6.07) is 10.4. The van der Waals surface area contributed by atoms with Gasteiger partial charge in [-0.1, -0.05) is 44.2 Å². The lowest BCUT2D eigenvalue weighted by molar-refractivity contribution is 0.0785. The molecule has 2 aromatic rings. The normalized spacial score (nSPS) is 10.9. The molecule has 118 valence electrons. The van der Waals surface area contributed by atoms with Gasteiger partial charge in [0.15, 0.2) is 12.1 Å². The summed E-state index contributed by atoms with van der Waals surface area (Å²) in [6.45, 7) is 4.73. The number of aromatic nitrogens is 1. The Morgan fingerprint density at radius 1 is 1.23 bits per heavy atom. The van der Waals surface area contributed by atoms with Gasteiger partial charge in [-0.05, 0) is 24.8 Å². The lowest BCUT2D eigenvalue weighted by Crippen LogP contribution is -2.29. The number of hydrogen-bond acceptors (Lipinski definition) is 3. The summed E-state index contributed by atoms with van der Waals surface area (Å²) < 4.78 is 5.32. The second kappa shape index (κ2) is 7.78. The molecule has 0 fully saturated rings. The molecule has 0 saturated heterocycles. The fraction of sp³-hybridized carbons (Fsp3) is 0.444. The lowest BCUT2D eigenvalue weighted by atomic mass is 10.1. The number of oxazole rings is 1. The van der Waals surface area contributed by atoms with E-state index in [0.717, 1.165) is 25.8 Å². The van der Waals surface area contributed by atoms with E-state index >= 15 is 0 Å². The van der Waals surface area contributed by atoms with Crippen molar-refractivity contribution in [2.75, 3.05) is 13.6 Å². The highest BCUT2D eigenvalue weighted by molar-refractivity contribution is 5.93. The molecule has 4 nitrogen and oxygen atoms in total. The summed E-state index contributed by atoms with van der Waals surface area (Å²) >= 11 is 0. The maximum atomic E-state index is 12.4. The van der Waals surface area contributed by atoms with E-state index in [1.54, 1.807) is 4.90 Å². The molecule has 0 N–H and O–H groups in total. The van der Waals surface area contributed by atoms with E-state index in [1.165, 1.54) is 12.0 Å². The fourth-order valence-electron chi connectivity index (χ4n) is 2.43. The molecular formula is C18H24N2O2. The van der Waals surface area contributed by atoms with E-state index in [-0.39, 0.29) is 11.8 Å². The van der Waals surface area contributed by atoms with Crippen molar-refractivity contribution in [1.82, 2.24) is 9.88 Å². The molecule has 0 aliphatic carbocycles. The SMILES string of the molecule is CC(C)c1ocnc1C(=O)N(C)CCCCc1ccccc1. The van der Waals surface area contributed by atoms with Crippen LogP contribution in [-0.2, 0) is 6.42 Å². The predicted molar refractivity (Wildman–Crippen MR) is 86.9 cm³/mol. The van der Waals surface area contributed by atoms with Gasteiger partial charge in [0, 0.05) is 19.5 Å². The maximum Gasteiger partial charge on any atom is 0.275 e. The molecule has 0 unspecified atom stereocenters. The molecule has 0 aliphatic heterocycles. The van der Waals surface area contributed by atoms with Crippen LogP contribution in [0.2, 0.25) is 0 Å². The van der Waals surface area contributed by atoms with Gasteiger partial charge >= 0.3 is 0 Å². The highest BCUT2D eigenvalue weighted by atomic mass is 16.3. The molecule has 0 aliphatic rings. The molecule has 0 atom stereocenters. The Kier molecular flexibility index (Phi) is 5.75. The van der Waals surface area contributed by atoms with Crippen molar-refractivity contribution in [3.8, 4) is 0 Å². The first kappa shape index (κ1) is 16.3. The number of aryl methyl sites for hydroxylation is 1. The summed E-state index contributed by atoms with van der Waals surface area (Å²) in [5, 5.41) is 0. The zero-order valence-corrected chi connectivity index (χ0v) is 13.6. The quantitative estimate of drug-likeness (QED) is 0.729. The molecule has 22 heavy (non-hydrogen) atoms. The van der Waals surface area contributed by atoms with Gasteiger partial charge in [0.1, 0.15) is 5.76 Å². The van der Waals surface area contributed by atoms with Gasteiger partial charge < -0.3 is 9.32 Å². The number of hydrogen-bond donors (Lipinski definition) is 0. The Hall–Kier alpha value is -2.10. The molecule has 1 aromatic carbocycles. The van der Waals surface area contributed by atoms with Crippen LogP contribution in [0.3, 0.4) is 0 Å². The van der Waals surface area contributed by atoms with Crippen molar-refractivity contribution in [3.05, 3.63) is 53.7 Å². The smallest absolute Gasteiger partial charge is 0.275 e. The Labute approximate surface area is 132 Å². The highest BCUT2D eigenvalue weighted by Crippen LogP contribution is 2.19. The lowest BCUT2D eigenvalue weighted by Gasteiger charge is -2.16. The zero-order valence-electron chi connectivity index (χ0n) is 13.6. The van der Waals surface area contributed by atoms with Crippen molar-refractivity contribution in [3.63, 3.8) is 0 Å². The third-order valence-electron chi connectivity index (χ3n) is 3.72. The topological polar surface area (TPSA) is 46.3 Å². The van der Waals surface area contributed by atoms with Gasteiger partial charge in [0.05, 0.1) is 0 Å². The minimum atomic E-state index is -0.0582. The number of rotatable bonds is 7. The van der Waals surface area contributed by atoms with Gasteiger partial charge in [-0.25, -0.2) is 4.98 Å². The van der Waals surface area contributed by atoms with E-state index in [9.17, 15) is 4.79 Å². The van der Waals surface area contributed by atoms with E-state index in [4.69, 9.17) is 4.42 Å². The van der Waals surface area contributed by atoms with Gasteiger partial charge in [-0.15, -0.1) is 0 Å². The minimum absolute atomic E-state index is 0.0582. The summed E-state index contributed by atoms with van der Waals surface area (Å²) in [5.74, 6) is 0.770. The monoisotopic (exact) mass is 300 g/mol. The third-order valence-corrected chi connectivity index (χ3v) is 3.72. The van der Waals surface area contributed by atoms with Crippen LogP contribution in [0.1, 0.15) is 54.4 Å². The first-order chi connectivity index (χ1) is 10.6. The van der Waals surface area contributed by atoms with Crippen LogP contribution in [0.15, 0.2) is 41.1 Å². The summed E-state index contributed by atoms with van der Waals surface area (Å²) in [4.78, 5) is 18.2. The Balaban J connectivity index is 1.80. The Bertz CT molecular complexity index is 590. The molecule has 4 heteroatoms. The molecule has 0 bridgehead atoms. The first-order valence-electron chi connectivity index (χ1n) is 7.82. The van der Waals surface area contributed by atoms with Gasteiger partial charge in [0.25, 0.3) is 5.91 Å². The second-order valence-corrected chi connectivity index (χ2v) is 5.89. The number of carbonyl (C=O) groups is 1.